The fourth-order valence-corrected chi connectivity index (χ4v) is 10.3. The second-order valence-electron chi connectivity index (χ2n) is 8.45. The minimum atomic E-state index is -3.61. The standard InChI is InChI=1S/C19H18O4S/c1-8-2-4-9(5-3-8)24(22,23)19-13-7-12-16(19)14-10(17(12)20)6-11(15(14)19)18(13)21/h2-5,10-16H,6-7H2,1H3/t10-,11+,12+,13-,14-,15-,16-,19-/m1/s1. The topological polar surface area (TPSA) is 68.3 Å². The van der Waals surface area contributed by atoms with Crippen molar-refractivity contribution in [2.45, 2.75) is 29.4 Å². The highest BCUT2D eigenvalue weighted by molar-refractivity contribution is 7.93. The number of hydrogen-bond donors (Lipinski definition) is 0. The molecule has 24 heavy (non-hydrogen) atoms. The Morgan fingerprint density at radius 3 is 2.21 bits per heavy atom. The Morgan fingerprint density at radius 2 is 1.54 bits per heavy atom. The van der Waals surface area contributed by atoms with E-state index in [-0.39, 0.29) is 47.1 Å². The van der Waals surface area contributed by atoms with Gasteiger partial charge in [-0.1, -0.05) is 17.7 Å². The molecule has 0 radical (unpaired) electrons. The summed E-state index contributed by atoms with van der Waals surface area (Å²) in [5, 5.41) is 0. The molecule has 0 spiro atoms. The van der Waals surface area contributed by atoms with E-state index < -0.39 is 20.5 Å². The Morgan fingerprint density at radius 1 is 0.917 bits per heavy atom. The van der Waals surface area contributed by atoms with Crippen LogP contribution in [0.3, 0.4) is 0 Å². The van der Waals surface area contributed by atoms with Crippen molar-refractivity contribution in [1.29, 1.82) is 0 Å². The molecule has 5 saturated carbocycles. The van der Waals surface area contributed by atoms with Crippen LogP contribution in [0.4, 0.5) is 0 Å². The van der Waals surface area contributed by atoms with Crippen molar-refractivity contribution in [3.8, 4) is 0 Å². The van der Waals surface area contributed by atoms with Crippen LogP contribution in [0.15, 0.2) is 29.2 Å². The predicted octanol–water partition coefficient (Wildman–Crippen LogP) is 1.81. The molecule has 0 N–H and O–H groups in total. The highest BCUT2D eigenvalue weighted by atomic mass is 32.2. The lowest BCUT2D eigenvalue weighted by atomic mass is 9.59. The molecular formula is C19H18O4S. The van der Waals surface area contributed by atoms with E-state index in [9.17, 15) is 18.0 Å². The van der Waals surface area contributed by atoms with Gasteiger partial charge in [0.25, 0.3) is 0 Å². The second-order valence-corrected chi connectivity index (χ2v) is 10.6. The van der Waals surface area contributed by atoms with E-state index in [1.54, 1.807) is 12.1 Å². The molecule has 0 heterocycles. The molecule has 0 unspecified atom stereocenters. The van der Waals surface area contributed by atoms with Crippen LogP contribution >= 0.6 is 0 Å². The fourth-order valence-electron chi connectivity index (χ4n) is 7.45. The van der Waals surface area contributed by atoms with Crippen molar-refractivity contribution < 1.29 is 18.0 Å². The van der Waals surface area contributed by atoms with Gasteiger partial charge in [0.05, 0.1) is 9.64 Å². The molecule has 5 heteroatoms. The van der Waals surface area contributed by atoms with Crippen molar-refractivity contribution in [3.05, 3.63) is 29.8 Å². The van der Waals surface area contributed by atoms with Gasteiger partial charge >= 0.3 is 0 Å². The Kier molecular flexibility index (Phi) is 2.12. The summed E-state index contributed by atoms with van der Waals surface area (Å²) in [6, 6.07) is 6.97. The van der Waals surface area contributed by atoms with Gasteiger partial charge in [-0.15, -0.1) is 0 Å². The van der Waals surface area contributed by atoms with Crippen LogP contribution in [-0.4, -0.2) is 24.7 Å². The lowest BCUT2D eigenvalue weighted by Gasteiger charge is -2.53. The van der Waals surface area contributed by atoms with E-state index in [2.05, 4.69) is 0 Å². The van der Waals surface area contributed by atoms with Gasteiger partial charge in [-0.2, -0.15) is 0 Å². The zero-order valence-corrected chi connectivity index (χ0v) is 14.1. The van der Waals surface area contributed by atoms with Crippen LogP contribution < -0.4 is 0 Å². The smallest absolute Gasteiger partial charge is 0.185 e. The molecule has 0 saturated heterocycles. The van der Waals surface area contributed by atoms with Gasteiger partial charge < -0.3 is 0 Å². The van der Waals surface area contributed by atoms with Crippen LogP contribution in [0.25, 0.3) is 0 Å². The van der Waals surface area contributed by atoms with Crippen LogP contribution in [0.5, 0.6) is 0 Å². The molecule has 8 atom stereocenters. The Bertz CT molecular complexity index is 919. The zero-order chi connectivity index (χ0) is 16.6. The van der Waals surface area contributed by atoms with Gasteiger partial charge in [0.2, 0.25) is 0 Å². The quantitative estimate of drug-likeness (QED) is 0.822. The summed E-state index contributed by atoms with van der Waals surface area (Å²) in [5.41, 5.74) is 1.01. The number of carbonyl (C=O) groups is 2. The van der Waals surface area contributed by atoms with Crippen LogP contribution in [-0.2, 0) is 19.4 Å². The summed E-state index contributed by atoms with van der Waals surface area (Å²) >= 11 is 0. The van der Waals surface area contributed by atoms with Gasteiger partial charge in [-0.05, 0) is 49.7 Å². The summed E-state index contributed by atoms with van der Waals surface area (Å²) < 4.78 is 26.4. The maximum Gasteiger partial charge on any atom is 0.185 e. The molecule has 1 aromatic rings. The number of sulfone groups is 1. The normalized spacial score (nSPS) is 49.8. The summed E-state index contributed by atoms with van der Waals surface area (Å²) in [6.07, 6.45) is 1.09. The van der Waals surface area contributed by atoms with Gasteiger partial charge in [0, 0.05) is 23.7 Å². The SMILES string of the molecule is Cc1ccc(S(=O)(=O)[C@]23[C@H]4[C@@H]5[C@H]2[C@@H]2C[C@@H]3C(=O)[C@H]4C[C@H]5C2=O)cc1. The summed E-state index contributed by atoms with van der Waals surface area (Å²) in [5.74, 6) is -0.519. The highest BCUT2D eigenvalue weighted by Crippen LogP contribution is 2.82. The third kappa shape index (κ3) is 1.07. The Labute approximate surface area is 140 Å². The van der Waals surface area contributed by atoms with Crippen LogP contribution in [0, 0.1) is 48.3 Å². The van der Waals surface area contributed by atoms with Crippen molar-refractivity contribution in [2.24, 2.45) is 41.4 Å². The first-order chi connectivity index (χ1) is 11.4. The zero-order valence-electron chi connectivity index (χ0n) is 13.3. The first-order valence-electron chi connectivity index (χ1n) is 8.79. The van der Waals surface area contributed by atoms with E-state index in [0.717, 1.165) is 5.56 Å². The lowest BCUT2D eigenvalue weighted by Crippen LogP contribution is -2.63. The molecule has 5 fully saturated rings. The number of benzene rings is 1. The molecule has 4 nitrogen and oxygen atoms in total. The third-order valence-electron chi connectivity index (χ3n) is 7.98. The molecule has 0 aromatic heterocycles. The largest absolute Gasteiger partial charge is 0.299 e. The number of rotatable bonds is 2. The van der Waals surface area contributed by atoms with Gasteiger partial charge in [0.1, 0.15) is 11.6 Å². The first-order valence-corrected chi connectivity index (χ1v) is 10.3. The van der Waals surface area contributed by atoms with Gasteiger partial charge in [0.15, 0.2) is 9.84 Å². The molecule has 5 aliphatic rings. The highest BCUT2D eigenvalue weighted by Gasteiger charge is 2.90. The fraction of sp³-hybridized carbons (Fsp3) is 0.579. The van der Waals surface area contributed by atoms with E-state index >= 15 is 0 Å². The maximum absolute atomic E-state index is 13.7. The molecule has 0 bridgehead atoms. The third-order valence-corrected chi connectivity index (χ3v) is 10.6. The summed E-state index contributed by atoms with van der Waals surface area (Å²) in [4.78, 5) is 25.9. The molecular weight excluding hydrogens is 324 g/mol. The number of aryl methyl sites for hydroxylation is 1. The summed E-state index contributed by atoms with van der Waals surface area (Å²) in [7, 11) is -3.61. The number of carbonyl (C=O) groups excluding carboxylic acids is 2. The van der Waals surface area contributed by atoms with Crippen molar-refractivity contribution >= 4 is 21.4 Å². The molecule has 6 rings (SSSR count). The van der Waals surface area contributed by atoms with E-state index in [0.29, 0.717) is 17.7 Å². The number of ketones is 2. The molecule has 0 amide bonds. The van der Waals surface area contributed by atoms with Crippen LogP contribution in [0.2, 0.25) is 0 Å². The second kappa shape index (κ2) is 3.69. The molecule has 0 aliphatic heterocycles. The van der Waals surface area contributed by atoms with E-state index in [1.165, 1.54) is 0 Å². The molecule has 1 aromatic carbocycles. The first kappa shape index (κ1) is 13.8. The van der Waals surface area contributed by atoms with Crippen molar-refractivity contribution in [2.75, 3.05) is 0 Å². The average Bonchev–Trinajstić information content (AvgIpc) is 3.14. The minimum Gasteiger partial charge on any atom is -0.299 e. The van der Waals surface area contributed by atoms with Crippen LogP contribution in [0.1, 0.15) is 18.4 Å². The number of hydrogen-bond acceptors (Lipinski definition) is 4. The Balaban J connectivity index is 1.61. The predicted molar refractivity (Wildman–Crippen MR) is 84.8 cm³/mol. The minimum absolute atomic E-state index is 0.0402. The lowest BCUT2D eigenvalue weighted by molar-refractivity contribution is -0.128. The number of Topliss-reactive ketones (excluding diaryl/α,β-unsaturated/α-hetero) is 2. The molecule has 124 valence electrons. The average molecular weight is 342 g/mol. The van der Waals surface area contributed by atoms with Gasteiger partial charge in [-0.3, -0.25) is 9.59 Å². The van der Waals surface area contributed by atoms with E-state index in [4.69, 9.17) is 0 Å². The maximum atomic E-state index is 13.7. The van der Waals surface area contributed by atoms with Crippen molar-refractivity contribution in [1.82, 2.24) is 0 Å². The van der Waals surface area contributed by atoms with Gasteiger partial charge in [-0.25, -0.2) is 8.42 Å². The Hall–Kier alpha value is -1.49. The van der Waals surface area contributed by atoms with E-state index in [1.807, 2.05) is 19.1 Å². The van der Waals surface area contributed by atoms with Crippen molar-refractivity contribution in [3.63, 3.8) is 0 Å². The molecule has 5 aliphatic carbocycles. The monoisotopic (exact) mass is 342 g/mol. The summed E-state index contributed by atoms with van der Waals surface area (Å²) in [6.45, 7) is 1.93.